The number of nitrogen functional groups attached to an aromatic ring is 1. The lowest BCUT2D eigenvalue weighted by Crippen LogP contribution is -2.33. The number of carbonyl (C=O) groups excluding carboxylic acids is 1. The van der Waals surface area contributed by atoms with Crippen LogP contribution in [0.4, 0.5) is 10.5 Å². The van der Waals surface area contributed by atoms with E-state index in [1.54, 1.807) is 0 Å². The summed E-state index contributed by atoms with van der Waals surface area (Å²) in [6.45, 7) is 6.18. The number of aryl methyl sites for hydroxylation is 1. The first-order valence-corrected chi connectivity index (χ1v) is 6.69. The molecule has 0 heterocycles. The molecule has 3 N–H and O–H groups in total. The SMILES string of the molecule is CC(C)(C)OC(=O)NCCCCc1ccccc1N. The smallest absolute Gasteiger partial charge is 0.407 e. The van der Waals surface area contributed by atoms with Gasteiger partial charge in [-0.2, -0.15) is 0 Å². The van der Waals surface area contributed by atoms with Crippen LogP contribution in [0, 0.1) is 0 Å². The number of rotatable bonds is 5. The third-order valence-corrected chi connectivity index (χ3v) is 2.60. The molecular formula is C15H24N2O2. The lowest BCUT2D eigenvalue weighted by molar-refractivity contribution is 0.0527. The van der Waals surface area contributed by atoms with Crippen molar-refractivity contribution in [1.82, 2.24) is 5.32 Å². The molecule has 0 saturated carbocycles. The van der Waals surface area contributed by atoms with Crippen molar-refractivity contribution in [1.29, 1.82) is 0 Å². The van der Waals surface area contributed by atoms with Crippen molar-refractivity contribution < 1.29 is 9.53 Å². The maximum atomic E-state index is 11.4. The third kappa shape index (κ3) is 6.70. The molecule has 4 nitrogen and oxygen atoms in total. The molecule has 0 radical (unpaired) electrons. The van der Waals surface area contributed by atoms with Crippen molar-refractivity contribution in [2.24, 2.45) is 0 Å². The molecule has 1 amide bonds. The second-order valence-corrected chi connectivity index (χ2v) is 5.58. The van der Waals surface area contributed by atoms with Crippen LogP contribution in [0.15, 0.2) is 24.3 Å². The Morgan fingerprint density at radius 2 is 1.95 bits per heavy atom. The highest BCUT2D eigenvalue weighted by molar-refractivity contribution is 5.67. The van der Waals surface area contributed by atoms with Crippen molar-refractivity contribution in [2.45, 2.75) is 45.6 Å². The van der Waals surface area contributed by atoms with Crippen LogP contribution in [-0.2, 0) is 11.2 Å². The number of hydrogen-bond donors (Lipinski definition) is 2. The minimum Gasteiger partial charge on any atom is -0.444 e. The van der Waals surface area contributed by atoms with E-state index in [1.807, 2.05) is 45.0 Å². The Hall–Kier alpha value is -1.71. The highest BCUT2D eigenvalue weighted by Crippen LogP contribution is 2.13. The van der Waals surface area contributed by atoms with Crippen molar-refractivity contribution in [3.8, 4) is 0 Å². The van der Waals surface area contributed by atoms with Gasteiger partial charge in [0, 0.05) is 12.2 Å². The van der Waals surface area contributed by atoms with E-state index in [1.165, 1.54) is 5.56 Å². The molecule has 0 bridgehead atoms. The van der Waals surface area contributed by atoms with Gasteiger partial charge in [-0.25, -0.2) is 4.79 Å². The third-order valence-electron chi connectivity index (χ3n) is 2.60. The average molecular weight is 264 g/mol. The van der Waals surface area contributed by atoms with Crippen molar-refractivity contribution in [3.05, 3.63) is 29.8 Å². The minimum atomic E-state index is -0.442. The van der Waals surface area contributed by atoms with Gasteiger partial charge in [0.1, 0.15) is 5.60 Å². The monoisotopic (exact) mass is 264 g/mol. The summed E-state index contributed by atoms with van der Waals surface area (Å²) in [4.78, 5) is 11.4. The molecule has 19 heavy (non-hydrogen) atoms. The molecule has 0 aromatic heterocycles. The number of alkyl carbamates (subject to hydrolysis) is 1. The maximum Gasteiger partial charge on any atom is 0.407 e. The van der Waals surface area contributed by atoms with Gasteiger partial charge in [0.15, 0.2) is 0 Å². The van der Waals surface area contributed by atoms with E-state index < -0.39 is 5.60 Å². The normalized spacial score (nSPS) is 11.1. The van der Waals surface area contributed by atoms with Gasteiger partial charge in [-0.3, -0.25) is 0 Å². The van der Waals surface area contributed by atoms with E-state index in [0.29, 0.717) is 6.54 Å². The fourth-order valence-electron chi connectivity index (χ4n) is 1.71. The maximum absolute atomic E-state index is 11.4. The predicted molar refractivity (Wildman–Crippen MR) is 78.0 cm³/mol. The highest BCUT2D eigenvalue weighted by Gasteiger charge is 2.15. The minimum absolute atomic E-state index is 0.355. The zero-order chi connectivity index (χ0) is 14.3. The molecule has 4 heteroatoms. The number of unbranched alkanes of at least 4 members (excludes halogenated alkanes) is 1. The summed E-state index contributed by atoms with van der Waals surface area (Å²) in [5, 5.41) is 2.75. The molecule has 0 saturated heterocycles. The molecule has 1 aromatic carbocycles. The number of carbonyl (C=O) groups is 1. The Balaban J connectivity index is 2.15. The van der Waals surface area contributed by atoms with E-state index in [9.17, 15) is 4.79 Å². The van der Waals surface area contributed by atoms with Crippen LogP contribution < -0.4 is 11.1 Å². The van der Waals surface area contributed by atoms with E-state index in [4.69, 9.17) is 10.5 Å². The van der Waals surface area contributed by atoms with Gasteiger partial charge in [-0.15, -0.1) is 0 Å². The number of amides is 1. The van der Waals surface area contributed by atoms with Gasteiger partial charge in [-0.1, -0.05) is 18.2 Å². The van der Waals surface area contributed by atoms with Gasteiger partial charge >= 0.3 is 6.09 Å². The standard InChI is InChI=1S/C15H24N2O2/c1-15(2,3)19-14(18)17-11-7-6-9-12-8-4-5-10-13(12)16/h4-5,8,10H,6-7,9,11,16H2,1-3H3,(H,17,18). The molecule has 106 valence electrons. The molecule has 1 aromatic rings. The second kappa shape index (κ2) is 7.02. The van der Waals surface area contributed by atoms with E-state index in [0.717, 1.165) is 24.9 Å². The summed E-state index contributed by atoms with van der Waals surface area (Å²) in [6, 6.07) is 7.87. The number of ether oxygens (including phenoxy) is 1. The molecule has 0 unspecified atom stereocenters. The van der Waals surface area contributed by atoms with Gasteiger partial charge < -0.3 is 15.8 Å². The van der Waals surface area contributed by atoms with Crippen LogP contribution in [0.2, 0.25) is 0 Å². The van der Waals surface area contributed by atoms with Crippen molar-refractivity contribution in [2.75, 3.05) is 12.3 Å². The number of benzene rings is 1. The number of nitrogens with two attached hydrogens (primary N) is 1. The summed E-state index contributed by atoms with van der Waals surface area (Å²) in [5.41, 5.74) is 7.42. The van der Waals surface area contributed by atoms with Gasteiger partial charge in [-0.05, 0) is 51.7 Å². The molecule has 0 aliphatic carbocycles. The Kier molecular flexibility index (Phi) is 5.67. The van der Waals surface area contributed by atoms with Gasteiger partial charge in [0.25, 0.3) is 0 Å². The first-order valence-electron chi connectivity index (χ1n) is 6.69. The molecular weight excluding hydrogens is 240 g/mol. The number of nitrogens with one attached hydrogen (secondary N) is 1. The fourth-order valence-corrected chi connectivity index (χ4v) is 1.71. The first-order chi connectivity index (χ1) is 8.88. The van der Waals surface area contributed by atoms with Crippen molar-refractivity contribution >= 4 is 11.8 Å². The lowest BCUT2D eigenvalue weighted by Gasteiger charge is -2.19. The van der Waals surface area contributed by atoms with Crippen LogP contribution in [0.1, 0.15) is 39.2 Å². The van der Waals surface area contributed by atoms with Crippen LogP contribution in [0.5, 0.6) is 0 Å². The highest BCUT2D eigenvalue weighted by atomic mass is 16.6. The number of anilines is 1. The van der Waals surface area contributed by atoms with Gasteiger partial charge in [0.2, 0.25) is 0 Å². The summed E-state index contributed by atoms with van der Waals surface area (Å²) in [7, 11) is 0. The van der Waals surface area contributed by atoms with Crippen LogP contribution in [-0.4, -0.2) is 18.2 Å². The summed E-state index contributed by atoms with van der Waals surface area (Å²) in [6.07, 6.45) is 2.48. The summed E-state index contributed by atoms with van der Waals surface area (Å²) >= 11 is 0. The topological polar surface area (TPSA) is 64.3 Å². The average Bonchev–Trinajstić information content (AvgIpc) is 2.28. The Labute approximate surface area is 115 Å². The van der Waals surface area contributed by atoms with Crippen LogP contribution >= 0.6 is 0 Å². The predicted octanol–water partition coefficient (Wildman–Crippen LogP) is 3.12. The lowest BCUT2D eigenvalue weighted by atomic mass is 10.1. The molecule has 0 fully saturated rings. The Bertz CT molecular complexity index is 411. The quantitative estimate of drug-likeness (QED) is 0.634. The molecule has 0 aliphatic rings. The summed E-state index contributed by atoms with van der Waals surface area (Å²) < 4.78 is 5.15. The van der Waals surface area contributed by atoms with Crippen LogP contribution in [0.3, 0.4) is 0 Å². The molecule has 0 spiro atoms. The van der Waals surface area contributed by atoms with Crippen LogP contribution in [0.25, 0.3) is 0 Å². The van der Waals surface area contributed by atoms with E-state index >= 15 is 0 Å². The Morgan fingerprint density at radius 1 is 1.26 bits per heavy atom. The first kappa shape index (κ1) is 15.3. The Morgan fingerprint density at radius 3 is 2.58 bits per heavy atom. The number of hydrogen-bond acceptors (Lipinski definition) is 3. The molecule has 1 rings (SSSR count). The zero-order valence-corrected chi connectivity index (χ0v) is 12.0. The largest absolute Gasteiger partial charge is 0.444 e. The molecule has 0 atom stereocenters. The van der Waals surface area contributed by atoms with Gasteiger partial charge in [0.05, 0.1) is 0 Å². The van der Waals surface area contributed by atoms with E-state index in [2.05, 4.69) is 5.32 Å². The zero-order valence-electron chi connectivity index (χ0n) is 12.0. The van der Waals surface area contributed by atoms with E-state index in [-0.39, 0.29) is 6.09 Å². The molecule has 0 aliphatic heterocycles. The van der Waals surface area contributed by atoms with Crippen molar-refractivity contribution in [3.63, 3.8) is 0 Å². The second-order valence-electron chi connectivity index (χ2n) is 5.58. The summed E-state index contributed by atoms with van der Waals surface area (Å²) in [5.74, 6) is 0. The fraction of sp³-hybridized carbons (Fsp3) is 0.533. The number of para-hydroxylation sites is 1.